The average molecular weight is 420 g/mol. The number of piperidine rings is 2. The minimum Gasteiger partial charge on any atom is -0.496 e. The number of rotatable bonds is 4. The van der Waals surface area contributed by atoms with Crippen molar-refractivity contribution < 1.29 is 9.53 Å². The lowest BCUT2D eigenvalue weighted by atomic mass is 9.76. The van der Waals surface area contributed by atoms with Crippen LogP contribution >= 0.6 is 0 Å². The zero-order valence-electron chi connectivity index (χ0n) is 18.6. The highest BCUT2D eigenvalue weighted by Crippen LogP contribution is 2.44. The van der Waals surface area contributed by atoms with Gasteiger partial charge < -0.3 is 15.4 Å². The molecular formula is C26H33N3O2. The van der Waals surface area contributed by atoms with E-state index in [4.69, 9.17) is 4.74 Å². The topological polar surface area (TPSA) is 53.6 Å². The summed E-state index contributed by atoms with van der Waals surface area (Å²) in [4.78, 5) is 16.1. The van der Waals surface area contributed by atoms with Crippen molar-refractivity contribution in [2.24, 2.45) is 5.92 Å². The molecule has 31 heavy (non-hydrogen) atoms. The first-order valence-corrected chi connectivity index (χ1v) is 11.7. The lowest BCUT2D eigenvalue weighted by Crippen LogP contribution is -2.55. The highest BCUT2D eigenvalue weighted by atomic mass is 16.5. The molecule has 3 aliphatic rings. The van der Waals surface area contributed by atoms with Crippen molar-refractivity contribution in [2.45, 2.75) is 50.7 Å². The minimum absolute atomic E-state index is 0.0100. The van der Waals surface area contributed by atoms with Gasteiger partial charge in [-0.1, -0.05) is 30.3 Å². The van der Waals surface area contributed by atoms with Crippen LogP contribution < -0.4 is 15.4 Å². The molecule has 0 bridgehead atoms. The maximum atomic E-state index is 13.5. The van der Waals surface area contributed by atoms with Gasteiger partial charge in [-0.15, -0.1) is 0 Å². The molecule has 0 radical (unpaired) electrons. The molecule has 1 amide bonds. The first-order chi connectivity index (χ1) is 15.2. The van der Waals surface area contributed by atoms with Crippen LogP contribution in [0.1, 0.15) is 65.3 Å². The fourth-order valence-electron chi connectivity index (χ4n) is 5.91. The predicted octanol–water partition coefficient (Wildman–Crippen LogP) is 3.86. The summed E-state index contributed by atoms with van der Waals surface area (Å²) in [5.74, 6) is 1.66. The number of hydrogen-bond acceptors (Lipinski definition) is 4. The van der Waals surface area contributed by atoms with Crippen molar-refractivity contribution in [2.75, 3.05) is 26.7 Å². The second-order valence-corrected chi connectivity index (χ2v) is 9.27. The van der Waals surface area contributed by atoms with E-state index in [1.54, 1.807) is 7.11 Å². The van der Waals surface area contributed by atoms with E-state index in [2.05, 4.69) is 27.7 Å². The van der Waals surface area contributed by atoms with Gasteiger partial charge in [0.05, 0.1) is 13.2 Å². The Morgan fingerprint density at radius 1 is 1.23 bits per heavy atom. The molecule has 3 heterocycles. The quantitative estimate of drug-likeness (QED) is 0.790. The molecule has 2 aromatic rings. The van der Waals surface area contributed by atoms with Gasteiger partial charge in [0, 0.05) is 36.3 Å². The van der Waals surface area contributed by atoms with E-state index in [9.17, 15) is 4.79 Å². The highest BCUT2D eigenvalue weighted by molar-refractivity contribution is 5.97. The molecule has 2 saturated heterocycles. The number of nitrogens with one attached hydrogen (secondary N) is 2. The molecule has 0 saturated carbocycles. The number of methoxy groups -OCH3 is 1. The largest absolute Gasteiger partial charge is 0.496 e. The lowest BCUT2D eigenvalue weighted by Gasteiger charge is -2.49. The summed E-state index contributed by atoms with van der Waals surface area (Å²) in [5.41, 5.74) is 4.33. The summed E-state index contributed by atoms with van der Waals surface area (Å²) in [6.07, 6.45) is 4.59. The van der Waals surface area contributed by atoms with Gasteiger partial charge in [-0.3, -0.25) is 9.69 Å². The Kier molecular flexibility index (Phi) is 5.72. The summed E-state index contributed by atoms with van der Waals surface area (Å²) >= 11 is 0. The summed E-state index contributed by atoms with van der Waals surface area (Å²) in [6, 6.07) is 14.9. The van der Waals surface area contributed by atoms with E-state index in [1.807, 2.05) is 37.3 Å². The zero-order chi connectivity index (χ0) is 21.4. The third kappa shape index (κ3) is 3.85. The molecule has 4 atom stereocenters. The van der Waals surface area contributed by atoms with E-state index >= 15 is 0 Å². The van der Waals surface area contributed by atoms with Crippen molar-refractivity contribution in [1.82, 2.24) is 15.5 Å². The minimum atomic E-state index is -0.0399. The number of hydrogen-bond donors (Lipinski definition) is 2. The van der Waals surface area contributed by atoms with Gasteiger partial charge in [-0.05, 0) is 68.3 Å². The molecule has 5 nitrogen and oxygen atoms in total. The number of nitrogens with zero attached hydrogens (tertiary/aromatic N) is 1. The fraction of sp³-hybridized carbons (Fsp3) is 0.500. The summed E-state index contributed by atoms with van der Waals surface area (Å²) in [5, 5.41) is 7.00. The van der Waals surface area contributed by atoms with Crippen LogP contribution in [0.15, 0.2) is 42.5 Å². The van der Waals surface area contributed by atoms with Gasteiger partial charge in [-0.2, -0.15) is 0 Å². The molecule has 0 spiro atoms. The SMILES string of the molecule is COc1ccc(C(=O)NC(C)c2ccccc2)c2c1CCN1C[C@H]3CCCN[C@H]3C[C@@H]21. The Bertz CT molecular complexity index is 945. The highest BCUT2D eigenvalue weighted by Gasteiger charge is 2.41. The number of fused-ring (bicyclic) bond motifs is 4. The Morgan fingerprint density at radius 3 is 2.87 bits per heavy atom. The van der Waals surface area contributed by atoms with E-state index in [0.29, 0.717) is 6.04 Å². The van der Waals surface area contributed by atoms with Gasteiger partial charge in [0.1, 0.15) is 5.75 Å². The molecule has 5 heteroatoms. The monoisotopic (exact) mass is 419 g/mol. The van der Waals surface area contributed by atoms with Crippen molar-refractivity contribution >= 4 is 5.91 Å². The Morgan fingerprint density at radius 2 is 2.06 bits per heavy atom. The lowest BCUT2D eigenvalue weighted by molar-refractivity contribution is 0.0538. The molecule has 2 fully saturated rings. The third-order valence-electron chi connectivity index (χ3n) is 7.52. The van der Waals surface area contributed by atoms with Crippen LogP contribution in [0.3, 0.4) is 0 Å². The van der Waals surface area contributed by atoms with Crippen molar-refractivity contribution in [3.63, 3.8) is 0 Å². The molecule has 5 rings (SSSR count). The first kappa shape index (κ1) is 20.5. The molecule has 0 aliphatic carbocycles. The number of amides is 1. The molecule has 1 unspecified atom stereocenters. The van der Waals surface area contributed by atoms with Crippen molar-refractivity contribution in [1.29, 1.82) is 0 Å². The van der Waals surface area contributed by atoms with E-state index in [-0.39, 0.29) is 18.0 Å². The number of benzene rings is 2. The molecule has 3 aliphatic heterocycles. The van der Waals surface area contributed by atoms with Crippen LogP contribution in [0.25, 0.3) is 0 Å². The Hall–Kier alpha value is -2.37. The smallest absolute Gasteiger partial charge is 0.252 e. The van der Waals surface area contributed by atoms with Gasteiger partial charge >= 0.3 is 0 Å². The van der Waals surface area contributed by atoms with Crippen molar-refractivity contribution in [3.05, 3.63) is 64.7 Å². The Labute approximate surface area is 185 Å². The second-order valence-electron chi connectivity index (χ2n) is 9.27. The number of carbonyl (C=O) groups excluding carboxylic acids is 1. The standard InChI is InChI=1S/C26H33N3O2/c1-17(18-7-4-3-5-8-18)28-26(30)21-10-11-24(31-2)20-12-14-29-16-19-9-6-13-27-22(19)15-23(29)25(20)21/h3-5,7-8,10-11,17,19,22-23,27H,6,9,12-16H2,1-2H3,(H,28,30)/t17?,19-,22+,23+/m1/s1. The average Bonchev–Trinajstić information content (AvgIpc) is 2.82. The van der Waals surface area contributed by atoms with Crippen LogP contribution in [0, 0.1) is 5.92 Å². The van der Waals surface area contributed by atoms with Crippen LogP contribution in [0.2, 0.25) is 0 Å². The first-order valence-electron chi connectivity index (χ1n) is 11.7. The fourth-order valence-corrected chi connectivity index (χ4v) is 5.91. The maximum Gasteiger partial charge on any atom is 0.252 e. The van der Waals surface area contributed by atoms with Gasteiger partial charge in [0.25, 0.3) is 5.91 Å². The van der Waals surface area contributed by atoms with Gasteiger partial charge in [-0.25, -0.2) is 0 Å². The van der Waals surface area contributed by atoms with Gasteiger partial charge in [0.2, 0.25) is 0 Å². The van der Waals surface area contributed by atoms with Crippen LogP contribution in [-0.2, 0) is 6.42 Å². The molecule has 164 valence electrons. The van der Waals surface area contributed by atoms with Gasteiger partial charge in [0.15, 0.2) is 0 Å². The molecular weight excluding hydrogens is 386 g/mol. The third-order valence-corrected chi connectivity index (χ3v) is 7.52. The zero-order valence-corrected chi connectivity index (χ0v) is 18.6. The van der Waals surface area contributed by atoms with Crippen LogP contribution in [0.4, 0.5) is 0 Å². The molecule has 0 aromatic heterocycles. The van der Waals surface area contributed by atoms with Crippen LogP contribution in [0.5, 0.6) is 5.75 Å². The number of ether oxygens (including phenoxy) is 1. The van der Waals surface area contributed by atoms with Crippen LogP contribution in [-0.4, -0.2) is 43.6 Å². The predicted molar refractivity (Wildman–Crippen MR) is 122 cm³/mol. The summed E-state index contributed by atoms with van der Waals surface area (Å²) in [6.45, 7) is 5.33. The summed E-state index contributed by atoms with van der Waals surface area (Å²) < 4.78 is 5.72. The van der Waals surface area contributed by atoms with E-state index in [0.717, 1.165) is 55.3 Å². The number of carbonyl (C=O) groups is 1. The maximum absolute atomic E-state index is 13.5. The normalized spacial score (nSPS) is 26.2. The molecule has 2 N–H and O–H groups in total. The van der Waals surface area contributed by atoms with E-state index < -0.39 is 0 Å². The van der Waals surface area contributed by atoms with E-state index in [1.165, 1.54) is 24.0 Å². The second kappa shape index (κ2) is 8.64. The Balaban J connectivity index is 1.47. The molecule has 2 aromatic carbocycles. The summed E-state index contributed by atoms with van der Waals surface area (Å²) in [7, 11) is 1.73. The van der Waals surface area contributed by atoms with Crippen molar-refractivity contribution in [3.8, 4) is 5.75 Å².